The summed E-state index contributed by atoms with van der Waals surface area (Å²) >= 11 is 3.58. The Labute approximate surface area is 90.5 Å². The van der Waals surface area contributed by atoms with E-state index in [1.807, 2.05) is 11.3 Å². The summed E-state index contributed by atoms with van der Waals surface area (Å²) in [5.74, 6) is 0. The molecule has 0 N–H and O–H groups in total. The number of hydrogen-bond acceptors (Lipinski definition) is 2. The zero-order valence-electron chi connectivity index (χ0n) is 7.36. The second-order valence-corrected chi connectivity index (χ2v) is 5.03. The summed E-state index contributed by atoms with van der Waals surface area (Å²) in [4.78, 5) is 2.56. The van der Waals surface area contributed by atoms with E-state index in [2.05, 4.69) is 47.8 Å². The van der Waals surface area contributed by atoms with Crippen molar-refractivity contribution in [3.63, 3.8) is 0 Å². The molecule has 0 aliphatic heterocycles. The van der Waals surface area contributed by atoms with Gasteiger partial charge in [-0.15, -0.1) is 22.7 Å². The molecule has 3 rings (SSSR count). The average molecular weight is 215 g/mol. The molecular weight excluding hydrogens is 208 g/mol. The lowest BCUT2D eigenvalue weighted by molar-refractivity contribution is 1.85. The van der Waals surface area contributed by atoms with Gasteiger partial charge in [0.2, 0.25) is 0 Å². The maximum Gasteiger partial charge on any atom is 0.0534 e. The highest BCUT2D eigenvalue weighted by Crippen LogP contribution is 2.34. The predicted molar refractivity (Wildman–Crippen MR) is 64.0 cm³/mol. The van der Waals surface area contributed by atoms with E-state index in [9.17, 15) is 0 Å². The average Bonchev–Trinajstić information content (AvgIpc) is 2.86. The minimum atomic E-state index is 1.22. The summed E-state index contributed by atoms with van der Waals surface area (Å²) in [6.07, 6.45) is 0. The van der Waals surface area contributed by atoms with Gasteiger partial charge in [-0.05, 0) is 17.5 Å². The molecule has 0 fully saturated rings. The van der Waals surface area contributed by atoms with Crippen molar-refractivity contribution >= 4 is 32.8 Å². The Kier molecular flexibility index (Phi) is 1.89. The number of rotatable bonds is 1. The summed E-state index contributed by atoms with van der Waals surface area (Å²) in [7, 11) is 0. The van der Waals surface area contributed by atoms with Gasteiger partial charge in [0.1, 0.15) is 0 Å². The SMILES string of the molecule is [c]1c(-c2cccs2)sc2ccccc12. The fourth-order valence-electron chi connectivity index (χ4n) is 1.44. The maximum atomic E-state index is 3.43. The van der Waals surface area contributed by atoms with Gasteiger partial charge in [-0.3, -0.25) is 0 Å². The van der Waals surface area contributed by atoms with Crippen LogP contribution in [0.5, 0.6) is 0 Å². The predicted octanol–water partition coefficient (Wildman–Crippen LogP) is 4.43. The van der Waals surface area contributed by atoms with Gasteiger partial charge in [0, 0.05) is 21.0 Å². The Bertz CT molecular complexity index is 513. The van der Waals surface area contributed by atoms with Gasteiger partial charge < -0.3 is 0 Å². The van der Waals surface area contributed by atoms with Crippen molar-refractivity contribution in [2.75, 3.05) is 0 Å². The molecule has 2 aromatic heterocycles. The van der Waals surface area contributed by atoms with Crippen LogP contribution >= 0.6 is 22.7 Å². The molecule has 0 saturated heterocycles. The van der Waals surface area contributed by atoms with Gasteiger partial charge in [0.15, 0.2) is 0 Å². The highest BCUT2D eigenvalue weighted by molar-refractivity contribution is 7.25. The number of fused-ring (bicyclic) bond motifs is 1. The molecular formula is C12H7S2. The molecule has 0 bridgehead atoms. The van der Waals surface area contributed by atoms with Crippen LogP contribution in [0.15, 0.2) is 41.8 Å². The zero-order valence-corrected chi connectivity index (χ0v) is 8.99. The molecule has 0 atom stereocenters. The van der Waals surface area contributed by atoms with Crippen molar-refractivity contribution < 1.29 is 0 Å². The smallest absolute Gasteiger partial charge is 0.0534 e. The monoisotopic (exact) mass is 215 g/mol. The van der Waals surface area contributed by atoms with Gasteiger partial charge in [-0.1, -0.05) is 24.3 Å². The Morgan fingerprint density at radius 2 is 1.93 bits per heavy atom. The summed E-state index contributed by atoms with van der Waals surface area (Å²) < 4.78 is 1.32. The molecule has 0 aliphatic rings. The molecule has 1 aromatic carbocycles. The highest BCUT2D eigenvalue weighted by atomic mass is 32.1. The van der Waals surface area contributed by atoms with Gasteiger partial charge in [-0.2, -0.15) is 0 Å². The second-order valence-electron chi connectivity index (χ2n) is 3.03. The summed E-state index contributed by atoms with van der Waals surface area (Å²) in [6.45, 7) is 0. The molecule has 1 radical (unpaired) electrons. The van der Waals surface area contributed by atoms with Crippen molar-refractivity contribution in [1.29, 1.82) is 0 Å². The quantitative estimate of drug-likeness (QED) is 0.563. The van der Waals surface area contributed by atoms with E-state index in [4.69, 9.17) is 0 Å². The van der Waals surface area contributed by atoms with Crippen LogP contribution in [0.3, 0.4) is 0 Å². The van der Waals surface area contributed by atoms with Crippen molar-refractivity contribution in [1.82, 2.24) is 0 Å². The minimum Gasteiger partial charge on any atom is -0.143 e. The maximum absolute atomic E-state index is 3.43. The molecule has 0 saturated carbocycles. The van der Waals surface area contributed by atoms with Crippen molar-refractivity contribution in [3.8, 4) is 9.75 Å². The zero-order chi connectivity index (χ0) is 9.38. The van der Waals surface area contributed by atoms with Gasteiger partial charge >= 0.3 is 0 Å². The first-order valence-corrected chi connectivity index (χ1v) is 6.08. The van der Waals surface area contributed by atoms with Crippen LogP contribution in [0.25, 0.3) is 19.8 Å². The molecule has 14 heavy (non-hydrogen) atoms. The van der Waals surface area contributed by atoms with Gasteiger partial charge in [0.25, 0.3) is 0 Å². The van der Waals surface area contributed by atoms with Crippen molar-refractivity contribution in [2.24, 2.45) is 0 Å². The summed E-state index contributed by atoms with van der Waals surface area (Å²) in [5.41, 5.74) is 0. The molecule has 2 heterocycles. The van der Waals surface area contributed by atoms with Crippen molar-refractivity contribution in [3.05, 3.63) is 47.8 Å². The van der Waals surface area contributed by atoms with E-state index in [1.165, 1.54) is 19.8 Å². The number of benzene rings is 1. The van der Waals surface area contributed by atoms with E-state index in [0.717, 1.165) is 0 Å². The van der Waals surface area contributed by atoms with Gasteiger partial charge in [-0.25, -0.2) is 0 Å². The topological polar surface area (TPSA) is 0 Å². The summed E-state index contributed by atoms with van der Waals surface area (Å²) in [6, 6.07) is 16.0. The van der Waals surface area contributed by atoms with Crippen molar-refractivity contribution in [2.45, 2.75) is 0 Å². The third-order valence-electron chi connectivity index (χ3n) is 2.09. The fraction of sp³-hybridized carbons (Fsp3) is 0. The first kappa shape index (κ1) is 8.21. The normalized spacial score (nSPS) is 10.9. The van der Waals surface area contributed by atoms with E-state index in [0.29, 0.717) is 0 Å². The van der Waals surface area contributed by atoms with Crippen LogP contribution in [0.4, 0.5) is 0 Å². The van der Waals surface area contributed by atoms with E-state index in [-0.39, 0.29) is 0 Å². The van der Waals surface area contributed by atoms with Crippen LogP contribution < -0.4 is 0 Å². The molecule has 3 aromatic rings. The van der Waals surface area contributed by atoms with Crippen LogP contribution in [0.2, 0.25) is 0 Å². The Morgan fingerprint density at radius 3 is 2.71 bits per heavy atom. The lowest BCUT2D eigenvalue weighted by Gasteiger charge is -1.85. The van der Waals surface area contributed by atoms with E-state index < -0.39 is 0 Å². The lowest BCUT2D eigenvalue weighted by atomic mass is 10.2. The molecule has 0 spiro atoms. The largest absolute Gasteiger partial charge is 0.143 e. The lowest BCUT2D eigenvalue weighted by Crippen LogP contribution is -1.59. The molecule has 0 nitrogen and oxygen atoms in total. The number of hydrogen-bond donors (Lipinski definition) is 0. The molecule has 0 unspecified atom stereocenters. The fourth-order valence-corrected chi connectivity index (χ4v) is 3.25. The van der Waals surface area contributed by atoms with Crippen LogP contribution in [-0.2, 0) is 0 Å². The van der Waals surface area contributed by atoms with E-state index in [1.54, 1.807) is 11.3 Å². The number of thiophene rings is 2. The summed E-state index contributed by atoms with van der Waals surface area (Å²) in [5, 5.41) is 3.33. The molecule has 67 valence electrons. The minimum absolute atomic E-state index is 1.22. The van der Waals surface area contributed by atoms with Gasteiger partial charge in [0.05, 0.1) is 4.88 Å². The Balaban J connectivity index is 2.24. The first-order valence-electron chi connectivity index (χ1n) is 4.38. The highest BCUT2D eigenvalue weighted by Gasteiger charge is 2.04. The molecule has 0 aliphatic carbocycles. The Morgan fingerprint density at radius 1 is 1.00 bits per heavy atom. The second kappa shape index (κ2) is 3.23. The third-order valence-corrected chi connectivity index (χ3v) is 4.21. The van der Waals surface area contributed by atoms with Crippen LogP contribution in [-0.4, -0.2) is 0 Å². The standard InChI is InChI=1S/C12H7S2/c1-2-5-10-9(4-1)8-12(14-10)11-6-3-7-13-11/h1-7H. The third kappa shape index (κ3) is 1.27. The van der Waals surface area contributed by atoms with Crippen LogP contribution in [0, 0.1) is 6.07 Å². The van der Waals surface area contributed by atoms with Crippen LogP contribution in [0.1, 0.15) is 0 Å². The molecule has 2 heteroatoms. The Hall–Kier alpha value is -1.12. The first-order chi connectivity index (χ1) is 6.93. The van der Waals surface area contributed by atoms with E-state index >= 15 is 0 Å². The molecule has 0 amide bonds.